The Kier molecular flexibility index (Phi) is 11.4. The van der Waals surface area contributed by atoms with Crippen molar-refractivity contribution in [2.45, 2.75) is 97.1 Å². The van der Waals surface area contributed by atoms with Crippen LogP contribution < -0.4 is 10.4 Å². The molecule has 6 nitrogen and oxygen atoms in total. The van der Waals surface area contributed by atoms with Gasteiger partial charge in [0.1, 0.15) is 6.61 Å². The van der Waals surface area contributed by atoms with E-state index in [9.17, 15) is 9.59 Å². The normalized spacial score (nSPS) is 18.0. The Morgan fingerprint density at radius 2 is 1.32 bits per heavy atom. The zero-order valence-electron chi connectivity index (χ0n) is 30.1. The van der Waals surface area contributed by atoms with Crippen molar-refractivity contribution >= 4 is 39.0 Å². The summed E-state index contributed by atoms with van der Waals surface area (Å²) < 4.78 is 19.9. The largest absolute Gasteiger partial charge is 0.447 e. The second-order valence-corrected chi connectivity index (χ2v) is 24.8. The van der Waals surface area contributed by atoms with Gasteiger partial charge in [0.15, 0.2) is 8.32 Å². The predicted molar refractivity (Wildman–Crippen MR) is 196 cm³/mol. The van der Waals surface area contributed by atoms with Crippen LogP contribution in [0, 0.1) is 11.8 Å². The molecular weight excluding hydrogens is 619 g/mol. The zero-order chi connectivity index (χ0) is 34.6. The first-order chi connectivity index (χ1) is 22.0. The van der Waals surface area contributed by atoms with E-state index in [0.717, 1.165) is 5.56 Å². The van der Waals surface area contributed by atoms with E-state index in [0.29, 0.717) is 13.0 Å². The molecule has 3 aromatic carbocycles. The van der Waals surface area contributed by atoms with Crippen LogP contribution in [0.5, 0.6) is 0 Å². The molecule has 4 atom stereocenters. The molecular formula is C39H55NO5Si2. The highest BCUT2D eigenvalue weighted by molar-refractivity contribution is 6.99. The van der Waals surface area contributed by atoms with Crippen LogP contribution in [0.15, 0.2) is 91.0 Å². The van der Waals surface area contributed by atoms with Gasteiger partial charge in [0, 0.05) is 12.5 Å². The van der Waals surface area contributed by atoms with E-state index in [1.165, 1.54) is 15.3 Å². The minimum atomic E-state index is -2.82. The van der Waals surface area contributed by atoms with Gasteiger partial charge in [0.05, 0.1) is 18.1 Å². The summed E-state index contributed by atoms with van der Waals surface area (Å²) in [5, 5.41) is 2.16. The maximum Gasteiger partial charge on any atom is 0.416 e. The Bertz CT molecular complexity index is 1430. The molecule has 1 aliphatic rings. The van der Waals surface area contributed by atoms with E-state index in [4.69, 9.17) is 13.6 Å². The van der Waals surface area contributed by atoms with E-state index in [-0.39, 0.29) is 34.6 Å². The molecule has 2 amide bonds. The standard InChI is InChI=1S/C39H55NO5Si2/c1-29(27-44-47(39(6,7)8,33-22-16-12-17-23-33)34-24-18-13-19-25-34)35(45-46(9,10)38(3,4)5)30(2)36(41)40-32(28-43-37(40)42)26-31-20-14-11-15-21-31/h11-25,29-30,32,35H,26-28H2,1-10H3/t29-,30+,32+,35-/m0/s1. The molecule has 8 heteroatoms. The van der Waals surface area contributed by atoms with Gasteiger partial charge in [-0.05, 0) is 45.5 Å². The van der Waals surface area contributed by atoms with Gasteiger partial charge in [-0.15, -0.1) is 0 Å². The minimum Gasteiger partial charge on any atom is -0.447 e. The van der Waals surface area contributed by atoms with Crippen molar-refractivity contribution in [3.63, 3.8) is 0 Å². The van der Waals surface area contributed by atoms with E-state index >= 15 is 0 Å². The highest BCUT2D eigenvalue weighted by atomic mass is 28.4. The van der Waals surface area contributed by atoms with Crippen molar-refractivity contribution in [2.75, 3.05) is 13.2 Å². The van der Waals surface area contributed by atoms with E-state index in [2.05, 4.69) is 110 Å². The number of hydrogen-bond acceptors (Lipinski definition) is 5. The molecule has 0 radical (unpaired) electrons. The van der Waals surface area contributed by atoms with Crippen LogP contribution in [0.25, 0.3) is 0 Å². The fourth-order valence-electron chi connectivity index (χ4n) is 6.47. The third kappa shape index (κ3) is 7.99. The molecule has 0 aromatic heterocycles. The first-order valence-corrected chi connectivity index (χ1v) is 21.8. The van der Waals surface area contributed by atoms with Crippen molar-refractivity contribution < 1.29 is 23.2 Å². The highest BCUT2D eigenvalue weighted by Crippen LogP contribution is 2.41. The summed E-state index contributed by atoms with van der Waals surface area (Å²) in [5.74, 6) is -0.990. The molecule has 3 aromatic rings. The van der Waals surface area contributed by atoms with Crippen LogP contribution in [-0.4, -0.2) is 58.9 Å². The molecule has 0 N–H and O–H groups in total. The molecule has 1 fully saturated rings. The SMILES string of the molecule is C[C@@H](CO[Si](c1ccccc1)(c1ccccc1)C(C)(C)C)[C@H](O[Si](C)(C)C(C)(C)C)[C@@H](C)C(=O)N1C(=O)OC[C@H]1Cc1ccccc1. The fraction of sp³-hybridized carbons (Fsp3) is 0.487. The summed E-state index contributed by atoms with van der Waals surface area (Å²) in [5.41, 5.74) is 1.06. The van der Waals surface area contributed by atoms with Crippen molar-refractivity contribution in [3.8, 4) is 0 Å². The van der Waals surface area contributed by atoms with Crippen molar-refractivity contribution in [1.29, 1.82) is 0 Å². The molecule has 0 bridgehead atoms. The van der Waals surface area contributed by atoms with Crippen LogP contribution in [0.2, 0.25) is 23.2 Å². The first-order valence-electron chi connectivity index (χ1n) is 17.0. The molecule has 1 saturated heterocycles. The molecule has 4 rings (SSSR count). The number of hydrogen-bond donors (Lipinski definition) is 0. The van der Waals surface area contributed by atoms with Gasteiger partial charge in [0.2, 0.25) is 5.91 Å². The summed E-state index contributed by atoms with van der Waals surface area (Å²) in [7, 11) is -5.16. The Hall–Kier alpha value is -3.05. The van der Waals surface area contributed by atoms with Crippen LogP contribution in [0.3, 0.4) is 0 Å². The van der Waals surface area contributed by atoms with Crippen molar-refractivity contribution in [2.24, 2.45) is 11.8 Å². The van der Waals surface area contributed by atoms with Gasteiger partial charge in [-0.25, -0.2) is 9.69 Å². The predicted octanol–water partition coefficient (Wildman–Crippen LogP) is 7.82. The molecule has 0 spiro atoms. The number of rotatable bonds is 12. The average Bonchev–Trinajstić information content (AvgIpc) is 3.38. The quantitative estimate of drug-likeness (QED) is 0.184. The second kappa shape index (κ2) is 14.6. The number of benzene rings is 3. The maximum absolute atomic E-state index is 14.4. The van der Waals surface area contributed by atoms with E-state index in [1.807, 2.05) is 49.4 Å². The topological polar surface area (TPSA) is 65.1 Å². The number of ether oxygens (including phenoxy) is 1. The van der Waals surface area contributed by atoms with Crippen molar-refractivity contribution in [3.05, 3.63) is 96.6 Å². The summed E-state index contributed by atoms with van der Waals surface area (Å²) in [4.78, 5) is 28.8. The zero-order valence-corrected chi connectivity index (χ0v) is 32.1. The molecule has 0 unspecified atom stereocenters. The number of amides is 2. The summed E-state index contributed by atoms with van der Waals surface area (Å²) in [6.45, 7) is 22.5. The summed E-state index contributed by atoms with van der Waals surface area (Å²) >= 11 is 0. The molecule has 254 valence electrons. The Morgan fingerprint density at radius 3 is 1.79 bits per heavy atom. The number of carbonyl (C=O) groups is 2. The Labute approximate surface area is 285 Å². The number of nitrogens with zero attached hydrogens (tertiary/aromatic N) is 1. The molecule has 0 saturated carbocycles. The highest BCUT2D eigenvalue weighted by Gasteiger charge is 2.52. The molecule has 47 heavy (non-hydrogen) atoms. The minimum absolute atomic E-state index is 0.0744. The van der Waals surface area contributed by atoms with Gasteiger partial charge in [-0.1, -0.05) is 146 Å². The van der Waals surface area contributed by atoms with Crippen molar-refractivity contribution in [1.82, 2.24) is 4.90 Å². The smallest absolute Gasteiger partial charge is 0.416 e. The van der Waals surface area contributed by atoms with Crippen LogP contribution in [0.1, 0.15) is 61.0 Å². The Morgan fingerprint density at radius 1 is 0.830 bits per heavy atom. The summed E-state index contributed by atoms with van der Waals surface area (Å²) in [6, 6.07) is 30.8. The van der Waals surface area contributed by atoms with Crippen LogP contribution in [-0.2, 0) is 24.8 Å². The molecule has 0 aliphatic carbocycles. The third-order valence-corrected chi connectivity index (χ3v) is 19.7. The lowest BCUT2D eigenvalue weighted by Crippen LogP contribution is -2.67. The maximum atomic E-state index is 14.4. The van der Waals surface area contributed by atoms with Gasteiger partial charge >= 0.3 is 6.09 Å². The lowest BCUT2D eigenvalue weighted by Gasteiger charge is -2.46. The molecule has 1 aliphatic heterocycles. The molecule has 1 heterocycles. The lowest BCUT2D eigenvalue weighted by atomic mass is 9.92. The Balaban J connectivity index is 1.69. The summed E-state index contributed by atoms with van der Waals surface area (Å²) in [6.07, 6.45) is -0.497. The van der Waals surface area contributed by atoms with Gasteiger partial charge in [-0.2, -0.15) is 0 Å². The average molecular weight is 674 g/mol. The second-order valence-electron chi connectivity index (χ2n) is 15.7. The van der Waals surface area contributed by atoms with Gasteiger partial charge in [0.25, 0.3) is 8.32 Å². The lowest BCUT2D eigenvalue weighted by molar-refractivity contribution is -0.137. The van der Waals surface area contributed by atoms with E-state index in [1.54, 1.807) is 0 Å². The number of cyclic esters (lactones) is 1. The van der Waals surface area contributed by atoms with Gasteiger partial charge in [-0.3, -0.25) is 4.79 Å². The van der Waals surface area contributed by atoms with Gasteiger partial charge < -0.3 is 13.6 Å². The van der Waals surface area contributed by atoms with E-state index < -0.39 is 34.7 Å². The number of imide groups is 1. The van der Waals surface area contributed by atoms with Crippen LogP contribution in [0.4, 0.5) is 4.79 Å². The first kappa shape index (κ1) is 36.8. The fourth-order valence-corrected chi connectivity index (χ4v) is 12.6. The van der Waals surface area contributed by atoms with Crippen LogP contribution >= 0.6 is 0 Å². The number of carbonyl (C=O) groups excluding carboxylic acids is 2. The third-order valence-electron chi connectivity index (χ3n) is 10.2. The monoisotopic (exact) mass is 673 g/mol.